The van der Waals surface area contributed by atoms with Gasteiger partial charge in [-0.15, -0.1) is 0 Å². The third-order valence-electron chi connectivity index (χ3n) is 4.90. The lowest BCUT2D eigenvalue weighted by Gasteiger charge is -2.30. The van der Waals surface area contributed by atoms with Crippen LogP contribution in [-0.4, -0.2) is 60.9 Å². The molecule has 0 saturated heterocycles. The van der Waals surface area contributed by atoms with E-state index in [1.807, 2.05) is 24.3 Å². The van der Waals surface area contributed by atoms with Crippen molar-refractivity contribution in [3.05, 3.63) is 70.8 Å². The number of aliphatic hydroxyl groups excluding tert-OH is 2. The Morgan fingerprint density at radius 2 is 1.06 bits per heavy atom. The summed E-state index contributed by atoms with van der Waals surface area (Å²) in [5, 5.41) is 26.2. The molecule has 0 atom stereocenters. The molecule has 0 bridgehead atoms. The van der Waals surface area contributed by atoms with Gasteiger partial charge in [-0.1, -0.05) is 48.5 Å². The van der Waals surface area contributed by atoms with Crippen molar-refractivity contribution in [2.24, 2.45) is 31.7 Å². The van der Waals surface area contributed by atoms with Crippen molar-refractivity contribution in [2.45, 2.75) is 11.8 Å². The molecule has 0 saturated carbocycles. The second-order valence-electron chi connectivity index (χ2n) is 6.97. The van der Waals surface area contributed by atoms with Crippen molar-refractivity contribution in [1.82, 2.24) is 10.9 Å². The van der Waals surface area contributed by atoms with E-state index in [0.717, 1.165) is 22.3 Å². The van der Waals surface area contributed by atoms with E-state index in [-0.39, 0.29) is 50.1 Å². The minimum atomic E-state index is -0.0886. The third-order valence-corrected chi connectivity index (χ3v) is 4.90. The van der Waals surface area contributed by atoms with Gasteiger partial charge in [-0.2, -0.15) is 10.2 Å². The number of hydrazone groups is 2. The number of nitrogens with one attached hydrogen (secondary N) is 2. The summed E-state index contributed by atoms with van der Waals surface area (Å²) in [5.74, 6) is 0.108. The second kappa shape index (κ2) is 11.6. The van der Waals surface area contributed by atoms with Gasteiger partial charge in [0.1, 0.15) is 0 Å². The summed E-state index contributed by atoms with van der Waals surface area (Å²) >= 11 is 0. The number of benzene rings is 2. The molecule has 0 radical (unpaired) electrons. The molecule has 0 aliphatic heterocycles. The van der Waals surface area contributed by atoms with Crippen molar-refractivity contribution >= 4 is 24.3 Å². The highest BCUT2D eigenvalue weighted by atomic mass is 16.3. The molecule has 2 aromatic carbocycles. The number of nitrogens with zero attached hydrogens (tertiary/aromatic N) is 4. The van der Waals surface area contributed by atoms with E-state index in [4.69, 9.17) is 21.7 Å². The molecular weight excluding hydrogens is 408 g/mol. The highest BCUT2D eigenvalue weighted by molar-refractivity contribution is 5.85. The first-order valence-electron chi connectivity index (χ1n) is 10.2. The van der Waals surface area contributed by atoms with E-state index in [1.54, 1.807) is 12.4 Å². The minimum absolute atomic E-state index is 0.0772. The molecule has 0 unspecified atom stereocenters. The summed E-state index contributed by atoms with van der Waals surface area (Å²) in [6, 6.07) is 16.2. The van der Waals surface area contributed by atoms with Crippen LogP contribution in [0.25, 0.3) is 0 Å². The van der Waals surface area contributed by atoms with Crippen molar-refractivity contribution in [1.29, 1.82) is 0 Å². The summed E-state index contributed by atoms with van der Waals surface area (Å²) in [7, 11) is 0. The summed E-state index contributed by atoms with van der Waals surface area (Å²) in [6.45, 7) is 0.278. The Kier molecular flexibility index (Phi) is 8.29. The molecule has 1 aliphatic rings. The van der Waals surface area contributed by atoms with Crippen LogP contribution in [0.1, 0.15) is 34.1 Å². The molecule has 8 N–H and O–H groups in total. The van der Waals surface area contributed by atoms with Gasteiger partial charge in [0.2, 0.25) is 11.9 Å². The van der Waals surface area contributed by atoms with Crippen LogP contribution in [0.4, 0.5) is 0 Å². The molecule has 0 amide bonds. The first kappa shape index (κ1) is 22.9. The van der Waals surface area contributed by atoms with E-state index >= 15 is 0 Å². The van der Waals surface area contributed by atoms with Crippen LogP contribution in [0.3, 0.4) is 0 Å². The maximum atomic E-state index is 8.85. The van der Waals surface area contributed by atoms with E-state index in [2.05, 4.69) is 55.3 Å². The third kappa shape index (κ3) is 5.68. The van der Waals surface area contributed by atoms with Gasteiger partial charge in [-0.05, 0) is 22.3 Å². The number of hydrogen-bond donors (Lipinski definition) is 6. The highest BCUT2D eigenvalue weighted by Gasteiger charge is 2.30. The van der Waals surface area contributed by atoms with Gasteiger partial charge in [0.25, 0.3) is 0 Å². The molecule has 0 fully saturated rings. The molecule has 168 valence electrons. The number of hydrogen-bond acceptors (Lipinski definition) is 6. The fourth-order valence-electron chi connectivity index (χ4n) is 3.58. The lowest BCUT2D eigenvalue weighted by molar-refractivity contribution is 0.306. The van der Waals surface area contributed by atoms with Gasteiger partial charge in [0, 0.05) is 24.3 Å². The van der Waals surface area contributed by atoms with Crippen LogP contribution < -0.4 is 22.3 Å². The molecule has 2 aromatic rings. The zero-order chi connectivity index (χ0) is 22.8. The number of guanidine groups is 2. The smallest absolute Gasteiger partial charge is 0.209 e. The zero-order valence-electron chi connectivity index (χ0n) is 17.6. The first-order valence-corrected chi connectivity index (χ1v) is 10.2. The second-order valence-corrected chi connectivity index (χ2v) is 6.97. The molecule has 0 spiro atoms. The van der Waals surface area contributed by atoms with Crippen molar-refractivity contribution in [3.8, 4) is 0 Å². The molecule has 0 heterocycles. The largest absolute Gasteiger partial charge is 0.394 e. The van der Waals surface area contributed by atoms with E-state index < -0.39 is 0 Å². The molecule has 3 rings (SSSR count). The highest BCUT2D eigenvalue weighted by Crippen LogP contribution is 2.41. The summed E-state index contributed by atoms with van der Waals surface area (Å²) in [5.41, 5.74) is 21.3. The van der Waals surface area contributed by atoms with Crippen LogP contribution in [-0.2, 0) is 0 Å². The topological polar surface area (TPSA) is 166 Å². The van der Waals surface area contributed by atoms with Gasteiger partial charge in [-0.3, -0.25) is 0 Å². The number of nitrogens with two attached hydrogens (primary N) is 2. The Balaban J connectivity index is 1.90. The van der Waals surface area contributed by atoms with Gasteiger partial charge in [0.05, 0.1) is 26.3 Å². The van der Waals surface area contributed by atoms with E-state index in [9.17, 15) is 0 Å². The summed E-state index contributed by atoms with van der Waals surface area (Å²) in [6.07, 6.45) is 3.59. The zero-order valence-corrected chi connectivity index (χ0v) is 17.6. The monoisotopic (exact) mass is 436 g/mol. The molecule has 10 nitrogen and oxygen atoms in total. The Hall–Kier alpha value is -3.76. The molecular formula is C22H28N8O2. The first-order chi connectivity index (χ1) is 15.7. The molecule has 0 aromatic heterocycles. The fraction of sp³-hybridized carbons (Fsp3) is 0.273. The quantitative estimate of drug-likeness (QED) is 0.194. The number of rotatable bonds is 8. The predicted molar refractivity (Wildman–Crippen MR) is 127 cm³/mol. The van der Waals surface area contributed by atoms with Crippen LogP contribution >= 0.6 is 0 Å². The molecule has 10 heteroatoms. The average molecular weight is 437 g/mol. The summed E-state index contributed by atoms with van der Waals surface area (Å²) in [4.78, 5) is 7.91. The number of aliphatic hydroxyl groups is 2. The Labute approximate surface area is 186 Å². The van der Waals surface area contributed by atoms with Crippen LogP contribution in [0, 0.1) is 0 Å². The van der Waals surface area contributed by atoms with Gasteiger partial charge >= 0.3 is 0 Å². The summed E-state index contributed by atoms with van der Waals surface area (Å²) < 4.78 is 0. The average Bonchev–Trinajstić information content (AvgIpc) is 2.82. The number of aliphatic imine (C=N–C) groups is 2. The molecule has 1 aliphatic carbocycles. The Bertz CT molecular complexity index is 891. The van der Waals surface area contributed by atoms with Crippen molar-refractivity contribution in [2.75, 3.05) is 26.3 Å². The SMILES string of the molecule is NC(=NCCO)NN=CC1c2ccccc2C(C=NNC(N)=NCCO)c2ccccc21. The number of fused-ring (bicyclic) bond motifs is 2. The fourth-order valence-corrected chi connectivity index (χ4v) is 3.58. The van der Waals surface area contributed by atoms with Crippen LogP contribution in [0.15, 0.2) is 68.7 Å². The van der Waals surface area contributed by atoms with E-state index in [0.29, 0.717) is 0 Å². The Morgan fingerprint density at radius 1 is 0.719 bits per heavy atom. The lowest BCUT2D eigenvalue weighted by Crippen LogP contribution is -2.29. The van der Waals surface area contributed by atoms with Crippen LogP contribution in [0.2, 0.25) is 0 Å². The van der Waals surface area contributed by atoms with Crippen molar-refractivity contribution < 1.29 is 10.2 Å². The maximum Gasteiger partial charge on any atom is 0.209 e. The minimum Gasteiger partial charge on any atom is -0.394 e. The van der Waals surface area contributed by atoms with E-state index in [1.165, 1.54) is 0 Å². The van der Waals surface area contributed by atoms with Gasteiger partial charge in [-0.25, -0.2) is 20.8 Å². The predicted octanol–water partition coefficient (Wildman–Crippen LogP) is 0.0286. The standard InChI is InChI=1S/C22H28N8O2/c23-21(25-9-11-31)29-27-13-19-15-5-1-2-6-16(15)20(18-8-4-3-7-17(18)19)14-28-30-22(24)26-10-12-32/h1-8,13-14,19-20,31-32H,9-12H2,(H3,23,25,29)(H3,24,26,30). The maximum absolute atomic E-state index is 8.85. The lowest BCUT2D eigenvalue weighted by atomic mass is 9.73. The van der Waals surface area contributed by atoms with Crippen LogP contribution in [0.5, 0.6) is 0 Å². The van der Waals surface area contributed by atoms with Gasteiger partial charge in [0.15, 0.2) is 0 Å². The molecule has 32 heavy (non-hydrogen) atoms. The Morgan fingerprint density at radius 3 is 1.38 bits per heavy atom. The van der Waals surface area contributed by atoms with Crippen molar-refractivity contribution in [3.63, 3.8) is 0 Å². The normalized spacial score (nSPS) is 18.6. The van der Waals surface area contributed by atoms with Gasteiger partial charge < -0.3 is 21.7 Å².